The fourth-order valence-electron chi connectivity index (χ4n) is 5.46. The summed E-state index contributed by atoms with van der Waals surface area (Å²) in [5, 5.41) is 9.96. The van der Waals surface area contributed by atoms with Crippen LogP contribution in [0.4, 0.5) is 4.39 Å². The Balaban J connectivity index is 1.37. The van der Waals surface area contributed by atoms with E-state index in [1.165, 1.54) is 38.5 Å². The Morgan fingerprint density at radius 2 is 1.76 bits per heavy atom. The van der Waals surface area contributed by atoms with E-state index in [0.717, 1.165) is 34.4 Å². The lowest BCUT2D eigenvalue weighted by molar-refractivity contribution is -0.293. The van der Waals surface area contributed by atoms with Crippen LogP contribution < -0.4 is 4.74 Å². The molecule has 1 aliphatic carbocycles. The minimum absolute atomic E-state index is 0.100. The van der Waals surface area contributed by atoms with Crippen LogP contribution in [-0.4, -0.2) is 37.3 Å². The number of benzene rings is 2. The standard InChI is InChI=1S/C31H42BrFO4/c1-4-5-6-7-22-8-10-23(11-9-22)24-12-14-26(28(33)17-24)25-13-15-29(27(32)16-25)35-19-31(18-34)20-36-30(2,3)37-21-31/h12-17,22-23,34H,4-11,18-21H2,1-3H3. The van der Waals surface area contributed by atoms with Gasteiger partial charge in [0.1, 0.15) is 18.2 Å². The van der Waals surface area contributed by atoms with Gasteiger partial charge in [-0.3, -0.25) is 0 Å². The Hall–Kier alpha value is -1.47. The smallest absolute Gasteiger partial charge is 0.162 e. The molecule has 0 atom stereocenters. The number of aliphatic hydroxyl groups excluding tert-OH is 1. The molecule has 1 N–H and O–H groups in total. The molecule has 4 nitrogen and oxygen atoms in total. The summed E-state index contributed by atoms with van der Waals surface area (Å²) in [6.45, 7) is 6.83. The maximum absolute atomic E-state index is 15.3. The third-order valence-electron chi connectivity index (χ3n) is 8.09. The van der Waals surface area contributed by atoms with E-state index in [1.807, 2.05) is 38.1 Å². The summed E-state index contributed by atoms with van der Waals surface area (Å²) in [4.78, 5) is 0. The summed E-state index contributed by atoms with van der Waals surface area (Å²) in [5.41, 5.74) is 1.89. The molecule has 0 unspecified atom stereocenters. The molecule has 0 spiro atoms. The molecule has 0 aromatic heterocycles. The van der Waals surface area contributed by atoms with Crippen molar-refractivity contribution in [3.63, 3.8) is 0 Å². The van der Waals surface area contributed by atoms with Crippen LogP contribution in [0, 0.1) is 17.2 Å². The second-order valence-electron chi connectivity index (χ2n) is 11.5. The first-order valence-corrected chi connectivity index (χ1v) is 14.6. The molecule has 0 radical (unpaired) electrons. The van der Waals surface area contributed by atoms with Crippen molar-refractivity contribution in [2.45, 2.75) is 83.8 Å². The number of rotatable bonds is 10. The van der Waals surface area contributed by atoms with Crippen molar-refractivity contribution in [1.82, 2.24) is 0 Å². The third kappa shape index (κ3) is 7.35. The number of aliphatic hydroxyl groups is 1. The summed E-state index contributed by atoms with van der Waals surface area (Å²) < 4.78 is 33.5. The van der Waals surface area contributed by atoms with E-state index in [1.54, 1.807) is 6.07 Å². The first kappa shape index (κ1) is 28.5. The quantitative estimate of drug-likeness (QED) is 0.289. The van der Waals surface area contributed by atoms with Gasteiger partial charge in [-0.2, -0.15) is 0 Å². The van der Waals surface area contributed by atoms with E-state index in [2.05, 4.69) is 28.9 Å². The maximum atomic E-state index is 15.3. The first-order valence-electron chi connectivity index (χ1n) is 13.8. The summed E-state index contributed by atoms with van der Waals surface area (Å²) in [7, 11) is 0. The molecule has 2 aromatic rings. The van der Waals surface area contributed by atoms with Gasteiger partial charge < -0.3 is 19.3 Å². The molecule has 1 aliphatic heterocycles. The van der Waals surface area contributed by atoms with Crippen LogP contribution in [-0.2, 0) is 9.47 Å². The van der Waals surface area contributed by atoms with E-state index in [0.29, 0.717) is 30.4 Å². The number of ether oxygens (including phenoxy) is 3. The van der Waals surface area contributed by atoms with Crippen molar-refractivity contribution in [1.29, 1.82) is 0 Å². The third-order valence-corrected chi connectivity index (χ3v) is 8.71. The molecule has 204 valence electrons. The summed E-state index contributed by atoms with van der Waals surface area (Å²) >= 11 is 3.58. The van der Waals surface area contributed by atoms with Crippen LogP contribution in [0.15, 0.2) is 40.9 Å². The number of unbranched alkanes of at least 4 members (excludes halogenated alkanes) is 2. The molecule has 1 saturated heterocycles. The summed E-state index contributed by atoms with van der Waals surface area (Å²) in [5.74, 6) is 1.11. The average Bonchev–Trinajstić information content (AvgIpc) is 2.89. The van der Waals surface area contributed by atoms with Crippen molar-refractivity contribution < 1.29 is 23.7 Å². The van der Waals surface area contributed by atoms with E-state index in [9.17, 15) is 5.11 Å². The second-order valence-corrected chi connectivity index (χ2v) is 12.4. The molecule has 6 heteroatoms. The maximum Gasteiger partial charge on any atom is 0.162 e. The minimum atomic E-state index is -0.659. The largest absolute Gasteiger partial charge is 0.492 e. The van der Waals surface area contributed by atoms with Gasteiger partial charge in [0.2, 0.25) is 0 Å². The van der Waals surface area contributed by atoms with Gasteiger partial charge in [0, 0.05) is 5.56 Å². The highest BCUT2D eigenvalue weighted by molar-refractivity contribution is 9.10. The van der Waals surface area contributed by atoms with Crippen molar-refractivity contribution in [2.24, 2.45) is 11.3 Å². The van der Waals surface area contributed by atoms with Crippen LogP contribution >= 0.6 is 15.9 Å². The highest BCUT2D eigenvalue weighted by Crippen LogP contribution is 2.40. The zero-order valence-corrected chi connectivity index (χ0v) is 24.1. The van der Waals surface area contributed by atoms with Gasteiger partial charge in [0.25, 0.3) is 0 Å². The Labute approximate surface area is 230 Å². The fourth-order valence-corrected chi connectivity index (χ4v) is 5.95. The number of hydrogen-bond acceptors (Lipinski definition) is 4. The number of hydrogen-bond donors (Lipinski definition) is 1. The molecule has 2 fully saturated rings. The van der Waals surface area contributed by atoms with E-state index >= 15 is 4.39 Å². The van der Waals surface area contributed by atoms with E-state index in [4.69, 9.17) is 14.2 Å². The predicted molar refractivity (Wildman–Crippen MR) is 149 cm³/mol. The molecule has 2 aromatic carbocycles. The lowest BCUT2D eigenvalue weighted by Gasteiger charge is -2.42. The Bertz CT molecular complexity index is 1020. The fraction of sp³-hybridized carbons (Fsp3) is 0.613. The topological polar surface area (TPSA) is 47.9 Å². The average molecular weight is 578 g/mol. The molecule has 2 aliphatic rings. The first-order chi connectivity index (χ1) is 17.7. The van der Waals surface area contributed by atoms with Crippen LogP contribution in [0.1, 0.15) is 83.6 Å². The summed E-state index contributed by atoms with van der Waals surface area (Å²) in [6.07, 6.45) is 10.2. The van der Waals surface area contributed by atoms with Gasteiger partial charge in [-0.15, -0.1) is 0 Å². The van der Waals surface area contributed by atoms with E-state index < -0.39 is 11.2 Å². The van der Waals surface area contributed by atoms with E-state index in [-0.39, 0.29) is 19.0 Å². The Kier molecular flexibility index (Phi) is 9.71. The molecular formula is C31H42BrFO4. The lowest BCUT2D eigenvalue weighted by atomic mass is 9.77. The van der Waals surface area contributed by atoms with Gasteiger partial charge in [-0.05, 0) is 96.6 Å². The molecule has 1 saturated carbocycles. The van der Waals surface area contributed by atoms with Gasteiger partial charge in [0.05, 0.1) is 29.7 Å². The molecule has 0 bridgehead atoms. The second kappa shape index (κ2) is 12.6. The lowest BCUT2D eigenvalue weighted by Crippen LogP contribution is -2.51. The Morgan fingerprint density at radius 1 is 1.03 bits per heavy atom. The van der Waals surface area contributed by atoms with Crippen molar-refractivity contribution >= 4 is 15.9 Å². The van der Waals surface area contributed by atoms with Gasteiger partial charge in [-0.25, -0.2) is 4.39 Å². The molecule has 4 rings (SSSR count). The van der Waals surface area contributed by atoms with Crippen LogP contribution in [0.25, 0.3) is 11.1 Å². The van der Waals surface area contributed by atoms with Crippen LogP contribution in [0.3, 0.4) is 0 Å². The predicted octanol–water partition coefficient (Wildman–Crippen LogP) is 8.25. The minimum Gasteiger partial charge on any atom is -0.492 e. The van der Waals surface area contributed by atoms with Gasteiger partial charge >= 0.3 is 0 Å². The van der Waals surface area contributed by atoms with Crippen molar-refractivity contribution in [3.8, 4) is 16.9 Å². The molecular weight excluding hydrogens is 535 g/mol. The zero-order chi connectivity index (χ0) is 26.5. The van der Waals surface area contributed by atoms with Crippen molar-refractivity contribution in [3.05, 3.63) is 52.3 Å². The van der Waals surface area contributed by atoms with Crippen LogP contribution in [0.5, 0.6) is 5.75 Å². The van der Waals surface area contributed by atoms with Crippen molar-refractivity contribution in [2.75, 3.05) is 26.4 Å². The monoisotopic (exact) mass is 576 g/mol. The van der Waals surface area contributed by atoms with Gasteiger partial charge in [0.15, 0.2) is 5.79 Å². The molecule has 0 amide bonds. The number of halogens is 2. The highest BCUT2D eigenvalue weighted by atomic mass is 79.9. The molecule has 1 heterocycles. The summed E-state index contributed by atoms with van der Waals surface area (Å²) in [6, 6.07) is 11.4. The normalized spacial score (nSPS) is 23.1. The molecule has 37 heavy (non-hydrogen) atoms. The zero-order valence-electron chi connectivity index (χ0n) is 22.5. The van der Waals surface area contributed by atoms with Crippen LogP contribution in [0.2, 0.25) is 0 Å². The highest BCUT2D eigenvalue weighted by Gasteiger charge is 2.40. The Morgan fingerprint density at radius 3 is 2.38 bits per heavy atom. The SMILES string of the molecule is CCCCCC1CCC(c2ccc(-c3ccc(OCC4(CO)COC(C)(C)OC4)c(Br)c3)c(F)c2)CC1. The van der Waals surface area contributed by atoms with Gasteiger partial charge in [-0.1, -0.05) is 50.8 Å².